The predicted octanol–water partition coefficient (Wildman–Crippen LogP) is 4.58. The molecule has 0 bridgehead atoms. The van der Waals surface area contributed by atoms with Gasteiger partial charge in [0.05, 0.1) is 29.7 Å². The summed E-state index contributed by atoms with van der Waals surface area (Å²) < 4.78 is 18.9. The maximum Gasteiger partial charge on any atom is 0.269 e. The van der Waals surface area contributed by atoms with Crippen molar-refractivity contribution >= 4 is 34.6 Å². The lowest BCUT2D eigenvalue weighted by atomic mass is 9.83. The fourth-order valence-electron chi connectivity index (χ4n) is 5.27. The smallest absolute Gasteiger partial charge is 0.269 e. The fraction of sp³-hybridized carbons (Fsp3) is 0.296. The Morgan fingerprint density at radius 1 is 1.14 bits per heavy atom. The van der Waals surface area contributed by atoms with Crippen molar-refractivity contribution in [3.8, 4) is 5.75 Å². The minimum Gasteiger partial charge on any atom is -0.495 e. The Morgan fingerprint density at radius 2 is 1.92 bits per heavy atom. The number of nitrogens with one attached hydrogen (secondary N) is 1. The number of amides is 1. The number of hydrogen-bond acceptors (Lipinski definition) is 6. The van der Waals surface area contributed by atoms with Gasteiger partial charge in [0, 0.05) is 49.0 Å². The second-order valence-electron chi connectivity index (χ2n) is 9.25. The average Bonchev–Trinajstić information content (AvgIpc) is 2.91. The topological polar surface area (TPSA) is 87.9 Å². The molecule has 2 aliphatic heterocycles. The number of ether oxygens (including phenoxy) is 1. The fourth-order valence-corrected chi connectivity index (χ4v) is 5.44. The van der Waals surface area contributed by atoms with Gasteiger partial charge in [0.25, 0.3) is 5.69 Å². The van der Waals surface area contributed by atoms with E-state index in [0.29, 0.717) is 36.8 Å². The first-order valence-electron chi connectivity index (χ1n) is 12.0. The third-order valence-corrected chi connectivity index (χ3v) is 7.34. The highest BCUT2D eigenvalue weighted by Gasteiger charge is 2.42. The van der Waals surface area contributed by atoms with Gasteiger partial charge in [-0.3, -0.25) is 14.9 Å². The molecule has 0 saturated carbocycles. The first-order chi connectivity index (χ1) is 17.8. The summed E-state index contributed by atoms with van der Waals surface area (Å²) in [7, 11) is 1.61. The minimum absolute atomic E-state index is 0.00460. The summed E-state index contributed by atoms with van der Waals surface area (Å²) in [5.74, 6) is -0.253. The summed E-state index contributed by atoms with van der Waals surface area (Å²) in [5, 5.41) is 15.0. The lowest BCUT2D eigenvalue weighted by molar-refractivity contribution is -0.384. The van der Waals surface area contributed by atoms with Crippen molar-refractivity contribution in [3.63, 3.8) is 0 Å². The van der Waals surface area contributed by atoms with Crippen LogP contribution in [0.2, 0.25) is 5.02 Å². The van der Waals surface area contributed by atoms with Crippen molar-refractivity contribution in [2.75, 3.05) is 36.5 Å². The summed E-state index contributed by atoms with van der Waals surface area (Å²) in [5.41, 5.74) is 3.34. The van der Waals surface area contributed by atoms with E-state index in [-0.39, 0.29) is 30.0 Å². The number of methoxy groups -OCH3 is 1. The van der Waals surface area contributed by atoms with Gasteiger partial charge in [0.2, 0.25) is 5.91 Å². The Kier molecular flexibility index (Phi) is 6.88. The molecule has 1 N–H and O–H groups in total. The van der Waals surface area contributed by atoms with Crippen LogP contribution in [0, 0.1) is 21.8 Å². The number of carbonyl (C=O) groups is 1. The zero-order valence-electron chi connectivity index (χ0n) is 20.2. The third-order valence-electron chi connectivity index (χ3n) is 7.10. The molecule has 5 rings (SSSR count). The van der Waals surface area contributed by atoms with Crippen molar-refractivity contribution in [3.05, 3.63) is 92.7 Å². The van der Waals surface area contributed by atoms with E-state index in [4.69, 9.17) is 16.3 Å². The van der Waals surface area contributed by atoms with E-state index in [2.05, 4.69) is 15.1 Å². The molecule has 0 aromatic heterocycles. The van der Waals surface area contributed by atoms with Crippen molar-refractivity contribution in [2.24, 2.45) is 5.92 Å². The average molecular weight is 525 g/mol. The number of hydrogen-bond donors (Lipinski definition) is 1. The van der Waals surface area contributed by atoms with Crippen LogP contribution in [0.15, 0.2) is 60.7 Å². The summed E-state index contributed by atoms with van der Waals surface area (Å²) in [6.07, 6.45) is 0.369. The number of non-ortho nitro benzene ring substituents is 1. The first-order valence-corrected chi connectivity index (χ1v) is 12.4. The van der Waals surface area contributed by atoms with E-state index < -0.39 is 10.8 Å². The van der Waals surface area contributed by atoms with Crippen molar-refractivity contribution in [2.45, 2.75) is 19.0 Å². The second-order valence-corrected chi connectivity index (χ2v) is 9.68. The maximum atomic E-state index is 13.5. The molecule has 192 valence electrons. The lowest BCUT2D eigenvalue weighted by Crippen LogP contribution is -2.61. The van der Waals surface area contributed by atoms with Crippen LogP contribution < -0.4 is 19.9 Å². The highest BCUT2D eigenvalue weighted by Crippen LogP contribution is 2.40. The minimum atomic E-state index is -0.456. The molecule has 2 unspecified atom stereocenters. The molecule has 0 aliphatic carbocycles. The number of anilines is 2. The molecular formula is C27H26ClFN4O4. The number of nitro benzene ring substituents is 1. The van der Waals surface area contributed by atoms with Gasteiger partial charge in [-0.05, 0) is 53.9 Å². The molecule has 3 aromatic carbocycles. The number of benzene rings is 3. The Balaban J connectivity index is 1.45. The third kappa shape index (κ3) is 5.04. The molecule has 37 heavy (non-hydrogen) atoms. The number of carbonyl (C=O) groups excluding carboxylic acids is 1. The van der Waals surface area contributed by atoms with Crippen molar-refractivity contribution in [1.82, 2.24) is 5.32 Å². The molecule has 2 heterocycles. The number of halogens is 2. The number of fused-ring (bicyclic) bond motifs is 3. The number of nitro groups is 1. The van der Waals surface area contributed by atoms with Crippen LogP contribution in [0.25, 0.3) is 0 Å². The van der Waals surface area contributed by atoms with E-state index in [1.165, 1.54) is 18.2 Å². The standard InChI is InChI=1S/C27H26ClFN4O4/c1-37-26-9-4-19(28)14-24(26)31-10-11-32-23-8-7-21(33(35)36)12-18(23)13-22(25(32)16-31)27(34)30-15-17-2-5-20(29)6-3-17/h2-9,12,14,22,25H,10-11,13,15-16H2,1H3,(H,30,34). The maximum absolute atomic E-state index is 13.5. The van der Waals surface area contributed by atoms with Gasteiger partial charge in [0.1, 0.15) is 11.6 Å². The zero-order valence-corrected chi connectivity index (χ0v) is 21.0. The summed E-state index contributed by atoms with van der Waals surface area (Å²) in [6, 6.07) is 16.1. The van der Waals surface area contributed by atoms with E-state index >= 15 is 0 Å². The summed E-state index contributed by atoms with van der Waals surface area (Å²) in [4.78, 5) is 28.9. The highest BCUT2D eigenvalue weighted by molar-refractivity contribution is 6.31. The van der Waals surface area contributed by atoms with E-state index in [0.717, 1.165) is 22.5 Å². The highest BCUT2D eigenvalue weighted by atomic mass is 35.5. The van der Waals surface area contributed by atoms with E-state index in [1.807, 2.05) is 12.1 Å². The molecule has 2 aliphatic rings. The van der Waals surface area contributed by atoms with E-state index in [9.17, 15) is 19.3 Å². The largest absolute Gasteiger partial charge is 0.495 e. The van der Waals surface area contributed by atoms with Crippen molar-refractivity contribution in [1.29, 1.82) is 0 Å². The number of nitrogens with zero attached hydrogens (tertiary/aromatic N) is 3. The predicted molar refractivity (Wildman–Crippen MR) is 140 cm³/mol. The summed E-state index contributed by atoms with van der Waals surface area (Å²) >= 11 is 6.29. The van der Waals surface area contributed by atoms with Gasteiger partial charge in [-0.1, -0.05) is 23.7 Å². The molecule has 1 fully saturated rings. The van der Waals surface area contributed by atoms with Gasteiger partial charge in [0.15, 0.2) is 0 Å². The molecule has 2 atom stereocenters. The van der Waals surface area contributed by atoms with Crippen LogP contribution >= 0.6 is 11.6 Å². The molecule has 10 heteroatoms. The van der Waals surface area contributed by atoms with Crippen LogP contribution in [-0.2, 0) is 17.8 Å². The monoisotopic (exact) mass is 524 g/mol. The normalized spacial score (nSPS) is 18.6. The molecule has 8 nitrogen and oxygen atoms in total. The van der Waals surface area contributed by atoms with Crippen LogP contribution in [-0.4, -0.2) is 43.6 Å². The van der Waals surface area contributed by atoms with Crippen LogP contribution in [0.4, 0.5) is 21.5 Å². The van der Waals surface area contributed by atoms with Gasteiger partial charge in [-0.25, -0.2) is 4.39 Å². The van der Waals surface area contributed by atoms with Crippen LogP contribution in [0.5, 0.6) is 5.75 Å². The van der Waals surface area contributed by atoms with Crippen molar-refractivity contribution < 1.29 is 18.8 Å². The van der Waals surface area contributed by atoms with E-state index in [1.54, 1.807) is 37.4 Å². The molecule has 0 radical (unpaired) electrons. The van der Waals surface area contributed by atoms with Gasteiger partial charge < -0.3 is 19.9 Å². The Labute approximate surface area is 218 Å². The number of piperazine rings is 1. The molecule has 1 saturated heterocycles. The second kappa shape index (κ2) is 10.3. The summed E-state index contributed by atoms with van der Waals surface area (Å²) in [6.45, 7) is 2.08. The number of rotatable bonds is 6. The first kappa shape index (κ1) is 24.8. The van der Waals surface area contributed by atoms with Gasteiger partial charge >= 0.3 is 0 Å². The zero-order chi connectivity index (χ0) is 26.1. The molecule has 3 aromatic rings. The Bertz CT molecular complexity index is 1340. The van der Waals surface area contributed by atoms with Crippen LogP contribution in [0.3, 0.4) is 0 Å². The van der Waals surface area contributed by atoms with Gasteiger partial charge in [-0.2, -0.15) is 0 Å². The SMILES string of the molecule is COc1ccc(Cl)cc1N1CCN2c3ccc([N+](=O)[O-])cc3CC(C(=O)NCc3ccc(F)cc3)C2C1. The lowest BCUT2D eigenvalue weighted by Gasteiger charge is -2.49. The molecule has 1 amide bonds. The van der Waals surface area contributed by atoms with Crippen LogP contribution in [0.1, 0.15) is 11.1 Å². The molecule has 0 spiro atoms. The Hall–Kier alpha value is -3.85. The molecular weight excluding hydrogens is 499 g/mol. The Morgan fingerprint density at radius 3 is 2.65 bits per heavy atom. The van der Waals surface area contributed by atoms with Gasteiger partial charge in [-0.15, -0.1) is 0 Å². The quantitative estimate of drug-likeness (QED) is 0.375.